The van der Waals surface area contributed by atoms with Crippen molar-refractivity contribution in [1.29, 1.82) is 0 Å². The van der Waals surface area contributed by atoms with Crippen molar-refractivity contribution >= 4 is 11.6 Å². The second kappa shape index (κ2) is 7.11. The molecule has 25 heavy (non-hydrogen) atoms. The molecule has 0 radical (unpaired) electrons. The number of aliphatic hydroxyl groups is 1. The summed E-state index contributed by atoms with van der Waals surface area (Å²) in [6.07, 6.45) is 0.360. The number of H-pyrrole nitrogens is 1. The van der Waals surface area contributed by atoms with Gasteiger partial charge in [0.1, 0.15) is 5.56 Å². The Morgan fingerprint density at radius 3 is 2.28 bits per heavy atom. The molecule has 0 aliphatic rings. The molecule has 128 valence electrons. The molecule has 0 saturated carbocycles. The number of hydrogen-bond donors (Lipinski definition) is 5. The van der Waals surface area contributed by atoms with Gasteiger partial charge in [-0.1, -0.05) is 42.5 Å². The molecule has 6 nitrogen and oxygen atoms in total. The number of nitrogens with one attached hydrogen (secondary N) is 2. The first-order chi connectivity index (χ1) is 12.1. The first kappa shape index (κ1) is 16.6. The van der Waals surface area contributed by atoms with Crippen molar-refractivity contribution in [2.24, 2.45) is 0 Å². The van der Waals surface area contributed by atoms with E-state index in [0.717, 1.165) is 11.1 Å². The van der Waals surface area contributed by atoms with Gasteiger partial charge in [-0.15, -0.1) is 0 Å². The topological polar surface area (TPSA) is 106 Å². The summed E-state index contributed by atoms with van der Waals surface area (Å²) in [7, 11) is 0. The summed E-state index contributed by atoms with van der Waals surface area (Å²) >= 11 is 0. The van der Waals surface area contributed by atoms with Crippen molar-refractivity contribution < 1.29 is 20.1 Å². The fourth-order valence-electron chi connectivity index (χ4n) is 2.56. The number of benzene rings is 2. The van der Waals surface area contributed by atoms with Gasteiger partial charge in [-0.3, -0.25) is 4.79 Å². The molecule has 1 aromatic heterocycles. The molecule has 0 bridgehead atoms. The standard InChI is InChI=1S/C19H18N2O4/c22-11-13-6-8-14(9-7-13)20-18(24)16-17(23)15(21-19(16)25)10-12-4-2-1-3-5-12/h1-9,21-23,25H,10-11H2,(H,20,24). The maximum absolute atomic E-state index is 12.4. The molecule has 0 aliphatic heterocycles. The maximum Gasteiger partial charge on any atom is 0.264 e. The predicted octanol–water partition coefficient (Wildman–Crippen LogP) is 2.76. The maximum atomic E-state index is 12.4. The number of rotatable bonds is 5. The van der Waals surface area contributed by atoms with E-state index in [1.807, 2.05) is 30.3 Å². The lowest BCUT2D eigenvalue weighted by Gasteiger charge is -2.06. The van der Waals surface area contributed by atoms with Gasteiger partial charge in [-0.2, -0.15) is 0 Å². The number of aliphatic hydroxyl groups excluding tert-OH is 1. The molecule has 0 atom stereocenters. The number of carbonyl (C=O) groups is 1. The van der Waals surface area contributed by atoms with Gasteiger partial charge < -0.3 is 25.6 Å². The summed E-state index contributed by atoms with van der Waals surface area (Å²) in [6.45, 7) is -0.0868. The molecule has 0 fully saturated rings. The van der Waals surface area contributed by atoms with Crippen LogP contribution in [0.1, 0.15) is 27.2 Å². The number of aromatic nitrogens is 1. The summed E-state index contributed by atoms with van der Waals surface area (Å²) in [5.74, 6) is -1.28. The Morgan fingerprint density at radius 2 is 1.64 bits per heavy atom. The van der Waals surface area contributed by atoms with Crippen molar-refractivity contribution in [1.82, 2.24) is 4.98 Å². The van der Waals surface area contributed by atoms with Crippen LogP contribution >= 0.6 is 0 Å². The Labute approximate surface area is 144 Å². The average molecular weight is 338 g/mol. The van der Waals surface area contributed by atoms with Gasteiger partial charge in [0.2, 0.25) is 5.88 Å². The van der Waals surface area contributed by atoms with Crippen LogP contribution in [-0.2, 0) is 13.0 Å². The number of hydrogen-bond acceptors (Lipinski definition) is 4. The van der Waals surface area contributed by atoms with Crippen molar-refractivity contribution in [2.45, 2.75) is 13.0 Å². The van der Waals surface area contributed by atoms with Crippen molar-refractivity contribution in [3.05, 3.63) is 77.0 Å². The summed E-state index contributed by atoms with van der Waals surface area (Å²) in [5, 5.41) is 32.0. The molecular formula is C19H18N2O4. The minimum atomic E-state index is -0.623. The fraction of sp³-hybridized carbons (Fsp3) is 0.105. The highest BCUT2D eigenvalue weighted by atomic mass is 16.3. The summed E-state index contributed by atoms with van der Waals surface area (Å²) in [4.78, 5) is 15.0. The second-order valence-electron chi connectivity index (χ2n) is 5.65. The smallest absolute Gasteiger partial charge is 0.264 e. The van der Waals surface area contributed by atoms with Crippen LogP contribution in [0.3, 0.4) is 0 Å². The highest BCUT2D eigenvalue weighted by Gasteiger charge is 2.23. The van der Waals surface area contributed by atoms with E-state index in [0.29, 0.717) is 17.8 Å². The highest BCUT2D eigenvalue weighted by molar-refractivity contribution is 6.08. The van der Waals surface area contributed by atoms with Crippen molar-refractivity contribution in [2.75, 3.05) is 5.32 Å². The lowest BCUT2D eigenvalue weighted by molar-refractivity contribution is 0.102. The number of amides is 1. The zero-order valence-electron chi connectivity index (χ0n) is 13.4. The first-order valence-corrected chi connectivity index (χ1v) is 7.76. The van der Waals surface area contributed by atoms with Crippen molar-refractivity contribution in [3.8, 4) is 11.6 Å². The lowest BCUT2D eigenvalue weighted by atomic mass is 10.1. The molecule has 2 aromatic carbocycles. The van der Waals surface area contributed by atoms with Crippen LogP contribution in [-0.4, -0.2) is 26.2 Å². The number of carbonyl (C=O) groups excluding carboxylic acids is 1. The zero-order chi connectivity index (χ0) is 17.8. The van der Waals surface area contributed by atoms with E-state index >= 15 is 0 Å². The Hall–Kier alpha value is -3.25. The molecular weight excluding hydrogens is 320 g/mol. The lowest BCUT2D eigenvalue weighted by Crippen LogP contribution is -2.11. The van der Waals surface area contributed by atoms with E-state index in [9.17, 15) is 15.0 Å². The van der Waals surface area contributed by atoms with Crippen molar-refractivity contribution in [3.63, 3.8) is 0 Å². The van der Waals surface area contributed by atoms with Gasteiger partial charge >= 0.3 is 0 Å². The Bertz CT molecular complexity index is 870. The third kappa shape index (κ3) is 3.64. The van der Waals surface area contributed by atoms with Crippen LogP contribution in [0.25, 0.3) is 0 Å². The predicted molar refractivity (Wildman–Crippen MR) is 93.7 cm³/mol. The molecule has 5 N–H and O–H groups in total. The number of aromatic amines is 1. The van der Waals surface area contributed by atoms with Gasteiger partial charge in [0, 0.05) is 12.1 Å². The van der Waals surface area contributed by atoms with Crippen LogP contribution in [0, 0.1) is 0 Å². The SMILES string of the molecule is O=C(Nc1ccc(CO)cc1)c1c(O)[nH]c(Cc2ccccc2)c1O. The van der Waals surface area contributed by atoms with Crippen LogP contribution in [0.2, 0.25) is 0 Å². The molecule has 0 aliphatic carbocycles. The molecule has 0 unspecified atom stereocenters. The van der Waals surface area contributed by atoms with Crippen LogP contribution < -0.4 is 5.32 Å². The van der Waals surface area contributed by atoms with Gasteiger partial charge in [-0.05, 0) is 23.3 Å². The molecule has 0 spiro atoms. The summed E-state index contributed by atoms with van der Waals surface area (Å²) in [6, 6.07) is 16.0. The number of anilines is 1. The molecule has 3 rings (SSSR count). The van der Waals surface area contributed by atoms with Crippen LogP contribution in [0.15, 0.2) is 54.6 Å². The van der Waals surface area contributed by atoms with Gasteiger partial charge in [0.05, 0.1) is 12.3 Å². The normalized spacial score (nSPS) is 10.6. The third-order valence-corrected chi connectivity index (χ3v) is 3.87. The Morgan fingerprint density at radius 1 is 0.960 bits per heavy atom. The van der Waals surface area contributed by atoms with E-state index in [-0.39, 0.29) is 23.8 Å². The van der Waals surface area contributed by atoms with E-state index < -0.39 is 5.91 Å². The fourth-order valence-corrected chi connectivity index (χ4v) is 2.56. The largest absolute Gasteiger partial charge is 0.505 e. The molecule has 3 aromatic rings. The average Bonchev–Trinajstić information content (AvgIpc) is 2.90. The van der Waals surface area contributed by atoms with E-state index in [2.05, 4.69) is 10.3 Å². The zero-order valence-corrected chi connectivity index (χ0v) is 13.4. The van der Waals surface area contributed by atoms with Crippen LogP contribution in [0.4, 0.5) is 5.69 Å². The minimum absolute atomic E-state index is 0.0868. The minimum Gasteiger partial charge on any atom is -0.505 e. The highest BCUT2D eigenvalue weighted by Crippen LogP contribution is 2.32. The molecule has 1 amide bonds. The number of aromatic hydroxyl groups is 2. The Kier molecular flexibility index (Phi) is 4.72. The van der Waals surface area contributed by atoms with Gasteiger partial charge in [0.25, 0.3) is 5.91 Å². The van der Waals surface area contributed by atoms with E-state index in [4.69, 9.17) is 5.11 Å². The quantitative estimate of drug-likeness (QED) is 0.493. The first-order valence-electron chi connectivity index (χ1n) is 7.76. The van der Waals surface area contributed by atoms with E-state index in [1.54, 1.807) is 24.3 Å². The monoisotopic (exact) mass is 338 g/mol. The van der Waals surface area contributed by atoms with Gasteiger partial charge in [-0.25, -0.2) is 0 Å². The second-order valence-corrected chi connectivity index (χ2v) is 5.65. The Balaban J connectivity index is 1.80. The summed E-state index contributed by atoms with van der Waals surface area (Å²) < 4.78 is 0. The molecule has 6 heteroatoms. The van der Waals surface area contributed by atoms with E-state index in [1.165, 1.54) is 0 Å². The van der Waals surface area contributed by atoms with Gasteiger partial charge in [0.15, 0.2) is 5.75 Å². The molecule has 0 saturated heterocycles. The summed E-state index contributed by atoms with van der Waals surface area (Å²) in [5.41, 5.74) is 2.31. The molecule has 1 heterocycles. The van der Waals surface area contributed by atoms with Crippen LogP contribution in [0.5, 0.6) is 11.6 Å². The third-order valence-electron chi connectivity index (χ3n) is 3.87.